The molecule has 2 aromatic rings. The molecule has 0 bridgehead atoms. The van der Waals surface area contributed by atoms with Gasteiger partial charge in [-0.2, -0.15) is 0 Å². The fourth-order valence-electron chi connectivity index (χ4n) is 3.15. The van der Waals surface area contributed by atoms with E-state index in [0.717, 1.165) is 11.3 Å². The van der Waals surface area contributed by atoms with Crippen LogP contribution in [0.5, 0.6) is 5.75 Å². The highest BCUT2D eigenvalue weighted by molar-refractivity contribution is 6.34. The van der Waals surface area contributed by atoms with Crippen molar-refractivity contribution in [1.29, 1.82) is 0 Å². The molecule has 0 spiro atoms. The zero-order valence-electron chi connectivity index (χ0n) is 16.1. The van der Waals surface area contributed by atoms with Gasteiger partial charge in [0.1, 0.15) is 5.75 Å². The van der Waals surface area contributed by atoms with Crippen molar-refractivity contribution in [2.75, 3.05) is 33.3 Å². The molecule has 5 nitrogen and oxygen atoms in total. The number of amides is 2. The molecule has 0 N–H and O–H groups in total. The number of hydrogen-bond donors (Lipinski definition) is 0. The van der Waals surface area contributed by atoms with E-state index >= 15 is 0 Å². The SMILES string of the molecule is COc1cccc(CC(=O)N2CCN(C(=O)/C=C/c3cc(Cl)ccc3Cl)CC2)c1. The van der Waals surface area contributed by atoms with Gasteiger partial charge in [-0.05, 0) is 47.5 Å². The number of rotatable bonds is 5. The minimum atomic E-state index is -0.110. The van der Waals surface area contributed by atoms with Crippen molar-refractivity contribution in [3.05, 3.63) is 69.7 Å². The Labute approximate surface area is 180 Å². The summed E-state index contributed by atoms with van der Waals surface area (Å²) in [7, 11) is 1.60. The number of carbonyl (C=O) groups is 2. The van der Waals surface area contributed by atoms with E-state index in [4.69, 9.17) is 27.9 Å². The Bertz CT molecular complexity index is 922. The molecule has 152 valence electrons. The molecule has 29 heavy (non-hydrogen) atoms. The minimum absolute atomic E-state index is 0.0478. The number of benzene rings is 2. The number of carbonyl (C=O) groups excluding carboxylic acids is 2. The number of ether oxygens (including phenoxy) is 1. The van der Waals surface area contributed by atoms with Crippen molar-refractivity contribution < 1.29 is 14.3 Å². The maximum absolute atomic E-state index is 12.6. The summed E-state index contributed by atoms with van der Waals surface area (Å²) in [5.74, 6) is 0.671. The zero-order chi connectivity index (χ0) is 20.8. The topological polar surface area (TPSA) is 49.9 Å². The van der Waals surface area contributed by atoms with E-state index in [1.165, 1.54) is 6.08 Å². The van der Waals surface area contributed by atoms with Crippen LogP contribution in [0.3, 0.4) is 0 Å². The highest BCUT2D eigenvalue weighted by Gasteiger charge is 2.23. The molecule has 0 atom stereocenters. The van der Waals surface area contributed by atoms with Crippen molar-refractivity contribution in [1.82, 2.24) is 9.80 Å². The molecule has 0 radical (unpaired) electrons. The van der Waals surface area contributed by atoms with E-state index < -0.39 is 0 Å². The van der Waals surface area contributed by atoms with Crippen LogP contribution in [0.15, 0.2) is 48.5 Å². The Kier molecular flexibility index (Phi) is 7.18. The van der Waals surface area contributed by atoms with E-state index in [0.29, 0.717) is 48.2 Å². The lowest BCUT2D eigenvalue weighted by Crippen LogP contribution is -2.50. The first-order valence-electron chi connectivity index (χ1n) is 9.29. The molecule has 1 aliphatic heterocycles. The summed E-state index contributed by atoms with van der Waals surface area (Å²) in [4.78, 5) is 28.5. The fourth-order valence-corrected chi connectivity index (χ4v) is 3.51. The highest BCUT2D eigenvalue weighted by Crippen LogP contribution is 2.22. The predicted molar refractivity (Wildman–Crippen MR) is 115 cm³/mol. The lowest BCUT2D eigenvalue weighted by molar-refractivity contribution is -0.136. The van der Waals surface area contributed by atoms with E-state index in [1.807, 2.05) is 24.3 Å². The predicted octanol–water partition coefficient (Wildman–Crippen LogP) is 3.93. The second kappa shape index (κ2) is 9.81. The normalized spacial score (nSPS) is 14.3. The number of nitrogens with zero attached hydrogens (tertiary/aromatic N) is 2. The smallest absolute Gasteiger partial charge is 0.246 e. The molecule has 3 rings (SSSR count). The third-order valence-corrected chi connectivity index (χ3v) is 5.38. The van der Waals surface area contributed by atoms with Gasteiger partial charge in [-0.25, -0.2) is 0 Å². The Hall–Kier alpha value is -2.50. The van der Waals surface area contributed by atoms with Crippen LogP contribution in [-0.4, -0.2) is 54.9 Å². The number of piperazine rings is 1. The lowest BCUT2D eigenvalue weighted by Gasteiger charge is -2.34. The third kappa shape index (κ3) is 5.75. The van der Waals surface area contributed by atoms with Crippen molar-refractivity contribution in [2.24, 2.45) is 0 Å². The van der Waals surface area contributed by atoms with Gasteiger partial charge in [-0.1, -0.05) is 35.3 Å². The van der Waals surface area contributed by atoms with E-state index in [1.54, 1.807) is 41.2 Å². The largest absolute Gasteiger partial charge is 0.497 e. The first kappa shape index (κ1) is 21.2. The van der Waals surface area contributed by atoms with Crippen molar-refractivity contribution >= 4 is 41.1 Å². The average molecular weight is 433 g/mol. The molecule has 0 aromatic heterocycles. The van der Waals surface area contributed by atoms with E-state index in [2.05, 4.69) is 0 Å². The summed E-state index contributed by atoms with van der Waals surface area (Å²) in [6, 6.07) is 12.6. The molecule has 2 amide bonds. The molecule has 1 fully saturated rings. The second-order valence-corrected chi connectivity index (χ2v) is 7.58. The average Bonchev–Trinajstić information content (AvgIpc) is 2.74. The maximum atomic E-state index is 12.6. The minimum Gasteiger partial charge on any atom is -0.497 e. The van der Waals surface area contributed by atoms with Crippen LogP contribution < -0.4 is 4.74 Å². The van der Waals surface area contributed by atoms with Crippen molar-refractivity contribution in [3.8, 4) is 5.75 Å². The van der Waals surface area contributed by atoms with Crippen LogP contribution in [0.4, 0.5) is 0 Å². The molecule has 1 heterocycles. The van der Waals surface area contributed by atoms with Gasteiger partial charge >= 0.3 is 0 Å². The van der Waals surface area contributed by atoms with Gasteiger partial charge in [-0.15, -0.1) is 0 Å². The van der Waals surface area contributed by atoms with Gasteiger partial charge in [-0.3, -0.25) is 9.59 Å². The van der Waals surface area contributed by atoms with Crippen molar-refractivity contribution in [2.45, 2.75) is 6.42 Å². The van der Waals surface area contributed by atoms with Gasteiger partial charge in [0.25, 0.3) is 0 Å². The Morgan fingerprint density at radius 2 is 1.76 bits per heavy atom. The van der Waals surface area contributed by atoms with Crippen LogP contribution in [-0.2, 0) is 16.0 Å². The molecule has 2 aromatic carbocycles. The molecule has 0 saturated carbocycles. The van der Waals surface area contributed by atoms with E-state index in [-0.39, 0.29) is 11.8 Å². The quantitative estimate of drug-likeness (QED) is 0.672. The van der Waals surface area contributed by atoms with Crippen LogP contribution in [0.25, 0.3) is 6.08 Å². The van der Waals surface area contributed by atoms with Gasteiger partial charge in [0.05, 0.1) is 13.5 Å². The Morgan fingerprint density at radius 1 is 1.03 bits per heavy atom. The Balaban J connectivity index is 1.52. The summed E-state index contributed by atoms with van der Waals surface area (Å²) in [6.07, 6.45) is 3.47. The zero-order valence-corrected chi connectivity index (χ0v) is 17.6. The first-order valence-corrected chi connectivity index (χ1v) is 10.0. The first-order chi connectivity index (χ1) is 14.0. The van der Waals surface area contributed by atoms with Crippen LogP contribution in [0.1, 0.15) is 11.1 Å². The number of hydrogen-bond acceptors (Lipinski definition) is 3. The summed E-state index contributed by atoms with van der Waals surface area (Å²) in [6.45, 7) is 2.02. The summed E-state index contributed by atoms with van der Waals surface area (Å²) in [5, 5.41) is 1.09. The standard InChI is InChI=1S/C22H22Cl2N2O3/c1-29-19-4-2-3-16(13-19)14-22(28)26-11-9-25(10-12-26)21(27)8-5-17-15-18(23)6-7-20(17)24/h2-8,13,15H,9-12,14H2,1H3/b8-5+. The van der Waals surface area contributed by atoms with Gasteiger partial charge in [0.2, 0.25) is 11.8 Å². The van der Waals surface area contributed by atoms with Crippen LogP contribution in [0.2, 0.25) is 10.0 Å². The fraction of sp³-hybridized carbons (Fsp3) is 0.273. The highest BCUT2D eigenvalue weighted by atomic mass is 35.5. The maximum Gasteiger partial charge on any atom is 0.246 e. The second-order valence-electron chi connectivity index (χ2n) is 6.73. The van der Waals surface area contributed by atoms with Crippen molar-refractivity contribution in [3.63, 3.8) is 0 Å². The molecule has 1 saturated heterocycles. The Morgan fingerprint density at radius 3 is 2.48 bits per heavy atom. The lowest BCUT2D eigenvalue weighted by atomic mass is 10.1. The summed E-state index contributed by atoms with van der Waals surface area (Å²) >= 11 is 12.1. The molecule has 0 aliphatic carbocycles. The molecular formula is C22H22Cl2N2O3. The molecular weight excluding hydrogens is 411 g/mol. The van der Waals surface area contributed by atoms with E-state index in [9.17, 15) is 9.59 Å². The summed E-state index contributed by atoms with van der Waals surface area (Å²) < 4.78 is 5.20. The van der Waals surface area contributed by atoms with Crippen LogP contribution in [0, 0.1) is 0 Å². The van der Waals surface area contributed by atoms with Gasteiger partial charge in [0.15, 0.2) is 0 Å². The molecule has 7 heteroatoms. The third-order valence-electron chi connectivity index (χ3n) is 4.80. The molecule has 1 aliphatic rings. The van der Waals surface area contributed by atoms with Gasteiger partial charge in [0, 0.05) is 42.3 Å². The number of methoxy groups -OCH3 is 1. The monoisotopic (exact) mass is 432 g/mol. The molecule has 0 unspecified atom stereocenters. The van der Waals surface area contributed by atoms with Gasteiger partial charge < -0.3 is 14.5 Å². The number of halogens is 2. The van der Waals surface area contributed by atoms with Crippen LogP contribution >= 0.6 is 23.2 Å². The summed E-state index contributed by atoms with van der Waals surface area (Å²) in [5.41, 5.74) is 1.61.